The predicted octanol–water partition coefficient (Wildman–Crippen LogP) is 7.04. The zero-order valence-corrected chi connectivity index (χ0v) is 23.3. The SMILES string of the molecule is CC(C)NC(=O)[C@@H](Cc1ccccc1)N(Cc1ccccc1Cl)C(=O)CSCc1ccc(Cl)cc1Cl. The van der Waals surface area contributed by atoms with E-state index in [4.69, 9.17) is 34.8 Å². The molecule has 8 heteroatoms. The van der Waals surface area contributed by atoms with Crippen molar-refractivity contribution >= 4 is 58.4 Å². The third-order valence-electron chi connectivity index (χ3n) is 5.50. The fraction of sp³-hybridized carbons (Fsp3) is 0.286. The Bertz CT molecular complexity index is 1170. The van der Waals surface area contributed by atoms with E-state index in [1.165, 1.54) is 11.8 Å². The third kappa shape index (κ3) is 8.45. The molecule has 0 saturated heterocycles. The molecule has 0 aliphatic carbocycles. The number of benzene rings is 3. The molecule has 0 saturated carbocycles. The summed E-state index contributed by atoms with van der Waals surface area (Å²) in [6, 6.07) is 21.7. The van der Waals surface area contributed by atoms with Gasteiger partial charge in [0.15, 0.2) is 0 Å². The molecular weight excluding hydrogens is 535 g/mol. The molecule has 36 heavy (non-hydrogen) atoms. The normalized spacial score (nSPS) is 11.8. The molecule has 4 nitrogen and oxygen atoms in total. The van der Waals surface area contributed by atoms with Crippen molar-refractivity contribution in [1.29, 1.82) is 0 Å². The van der Waals surface area contributed by atoms with Gasteiger partial charge in [-0.1, -0.05) is 89.4 Å². The molecular formula is C28H29Cl3N2O2S. The second-order valence-electron chi connectivity index (χ2n) is 8.71. The Morgan fingerprint density at radius 1 is 0.889 bits per heavy atom. The van der Waals surface area contributed by atoms with Crippen LogP contribution >= 0.6 is 46.6 Å². The predicted molar refractivity (Wildman–Crippen MR) is 152 cm³/mol. The van der Waals surface area contributed by atoms with E-state index in [-0.39, 0.29) is 30.2 Å². The first-order valence-electron chi connectivity index (χ1n) is 11.6. The number of thioether (sulfide) groups is 1. The van der Waals surface area contributed by atoms with Gasteiger partial charge in [0.1, 0.15) is 6.04 Å². The molecule has 0 radical (unpaired) electrons. The fourth-order valence-corrected chi connectivity index (χ4v) is 5.38. The molecule has 2 amide bonds. The van der Waals surface area contributed by atoms with Crippen LogP contribution in [0.2, 0.25) is 15.1 Å². The van der Waals surface area contributed by atoms with E-state index in [1.54, 1.807) is 23.1 Å². The molecule has 1 atom stereocenters. The highest BCUT2D eigenvalue weighted by Gasteiger charge is 2.31. The number of rotatable bonds is 11. The molecule has 1 N–H and O–H groups in total. The Morgan fingerprint density at radius 2 is 1.58 bits per heavy atom. The van der Waals surface area contributed by atoms with E-state index in [0.29, 0.717) is 27.2 Å². The van der Waals surface area contributed by atoms with Crippen molar-refractivity contribution in [3.8, 4) is 0 Å². The molecule has 0 heterocycles. The minimum absolute atomic E-state index is 0.0607. The first-order valence-corrected chi connectivity index (χ1v) is 13.9. The van der Waals surface area contributed by atoms with Crippen LogP contribution in [0.1, 0.15) is 30.5 Å². The van der Waals surface area contributed by atoms with Gasteiger partial charge in [0.25, 0.3) is 0 Å². The molecule has 0 aliphatic rings. The first-order chi connectivity index (χ1) is 17.2. The van der Waals surface area contributed by atoms with Crippen LogP contribution in [0.4, 0.5) is 0 Å². The Hall–Kier alpha value is -2.18. The van der Waals surface area contributed by atoms with Gasteiger partial charge in [0.05, 0.1) is 5.75 Å². The van der Waals surface area contributed by atoms with Crippen LogP contribution in [-0.4, -0.2) is 34.6 Å². The van der Waals surface area contributed by atoms with E-state index in [2.05, 4.69) is 5.32 Å². The Labute approximate surface area is 232 Å². The highest BCUT2D eigenvalue weighted by Crippen LogP contribution is 2.26. The van der Waals surface area contributed by atoms with Crippen molar-refractivity contribution in [1.82, 2.24) is 10.2 Å². The molecule has 3 aromatic carbocycles. The molecule has 0 bridgehead atoms. The summed E-state index contributed by atoms with van der Waals surface area (Å²) in [6.07, 6.45) is 0.392. The van der Waals surface area contributed by atoms with E-state index < -0.39 is 6.04 Å². The van der Waals surface area contributed by atoms with Crippen LogP contribution in [0.3, 0.4) is 0 Å². The highest BCUT2D eigenvalue weighted by molar-refractivity contribution is 7.99. The topological polar surface area (TPSA) is 49.4 Å². The smallest absolute Gasteiger partial charge is 0.243 e. The summed E-state index contributed by atoms with van der Waals surface area (Å²) < 4.78 is 0. The van der Waals surface area contributed by atoms with Gasteiger partial charge < -0.3 is 10.2 Å². The molecule has 3 aromatic rings. The summed E-state index contributed by atoms with van der Waals surface area (Å²) in [4.78, 5) is 28.7. The summed E-state index contributed by atoms with van der Waals surface area (Å²) in [5.41, 5.74) is 2.66. The van der Waals surface area contributed by atoms with Crippen molar-refractivity contribution in [3.63, 3.8) is 0 Å². The number of nitrogens with one attached hydrogen (secondary N) is 1. The van der Waals surface area contributed by atoms with Gasteiger partial charge in [-0.3, -0.25) is 9.59 Å². The standard InChI is InChI=1S/C28H29Cl3N2O2S/c1-19(2)32-28(35)26(14-20-8-4-3-5-9-20)33(16-21-10-6-7-11-24(21)30)27(34)18-36-17-22-12-13-23(29)15-25(22)31/h3-13,15,19,26H,14,16-18H2,1-2H3,(H,32,35)/t26-/m1/s1. The zero-order valence-electron chi connectivity index (χ0n) is 20.2. The van der Waals surface area contributed by atoms with Crippen LogP contribution < -0.4 is 5.32 Å². The van der Waals surface area contributed by atoms with Gasteiger partial charge in [-0.25, -0.2) is 0 Å². The van der Waals surface area contributed by atoms with Crippen molar-refractivity contribution in [2.75, 3.05) is 5.75 Å². The summed E-state index contributed by atoms with van der Waals surface area (Å²) in [6.45, 7) is 4.04. The lowest BCUT2D eigenvalue weighted by Crippen LogP contribution is -2.52. The summed E-state index contributed by atoms with van der Waals surface area (Å²) in [5, 5.41) is 4.67. The molecule has 3 rings (SSSR count). The number of hydrogen-bond donors (Lipinski definition) is 1. The minimum atomic E-state index is -0.696. The minimum Gasteiger partial charge on any atom is -0.352 e. The molecule has 190 valence electrons. The molecule has 0 aliphatic heterocycles. The lowest BCUT2D eigenvalue weighted by Gasteiger charge is -2.32. The maximum absolute atomic E-state index is 13.6. The monoisotopic (exact) mass is 562 g/mol. The Balaban J connectivity index is 1.86. The lowest BCUT2D eigenvalue weighted by atomic mass is 10.0. The van der Waals surface area contributed by atoms with Crippen molar-refractivity contribution < 1.29 is 9.59 Å². The second kappa shape index (κ2) is 13.9. The first kappa shape index (κ1) is 28.4. The van der Waals surface area contributed by atoms with Gasteiger partial charge in [0.2, 0.25) is 11.8 Å². The average molecular weight is 564 g/mol. The number of nitrogens with zero attached hydrogens (tertiary/aromatic N) is 1. The van der Waals surface area contributed by atoms with Crippen LogP contribution in [-0.2, 0) is 28.3 Å². The maximum atomic E-state index is 13.6. The number of carbonyl (C=O) groups is 2. The molecule has 0 spiro atoms. The van der Waals surface area contributed by atoms with Crippen LogP contribution in [0.5, 0.6) is 0 Å². The van der Waals surface area contributed by atoms with Crippen LogP contribution in [0.15, 0.2) is 72.8 Å². The van der Waals surface area contributed by atoms with E-state index in [1.807, 2.05) is 68.4 Å². The second-order valence-corrected chi connectivity index (χ2v) is 10.9. The fourth-order valence-electron chi connectivity index (χ4n) is 3.71. The largest absolute Gasteiger partial charge is 0.352 e. The van der Waals surface area contributed by atoms with Gasteiger partial charge >= 0.3 is 0 Å². The number of hydrogen-bond acceptors (Lipinski definition) is 3. The van der Waals surface area contributed by atoms with Crippen molar-refractivity contribution in [3.05, 3.63) is 105 Å². The van der Waals surface area contributed by atoms with E-state index in [9.17, 15) is 9.59 Å². The van der Waals surface area contributed by atoms with Crippen LogP contribution in [0, 0.1) is 0 Å². The van der Waals surface area contributed by atoms with Gasteiger partial charge in [-0.15, -0.1) is 11.8 Å². The molecule has 0 unspecified atom stereocenters. The van der Waals surface area contributed by atoms with Gasteiger partial charge in [-0.05, 0) is 48.7 Å². The number of halogens is 3. The molecule has 0 aromatic heterocycles. The zero-order chi connectivity index (χ0) is 26.1. The molecule has 0 fully saturated rings. The van der Waals surface area contributed by atoms with Crippen molar-refractivity contribution in [2.45, 2.75) is 44.6 Å². The Morgan fingerprint density at radius 3 is 2.25 bits per heavy atom. The maximum Gasteiger partial charge on any atom is 0.243 e. The third-order valence-corrected chi connectivity index (χ3v) is 7.42. The van der Waals surface area contributed by atoms with E-state index in [0.717, 1.165) is 16.7 Å². The summed E-state index contributed by atoms with van der Waals surface area (Å²) >= 11 is 20.2. The summed E-state index contributed by atoms with van der Waals surface area (Å²) in [5.74, 6) is 0.386. The highest BCUT2D eigenvalue weighted by atomic mass is 35.5. The lowest BCUT2D eigenvalue weighted by molar-refractivity contribution is -0.139. The summed E-state index contributed by atoms with van der Waals surface area (Å²) in [7, 11) is 0. The average Bonchev–Trinajstić information content (AvgIpc) is 2.84. The van der Waals surface area contributed by atoms with Crippen LogP contribution in [0.25, 0.3) is 0 Å². The quantitative estimate of drug-likeness (QED) is 0.272. The Kier molecular flexibility index (Phi) is 11.0. The van der Waals surface area contributed by atoms with E-state index >= 15 is 0 Å². The van der Waals surface area contributed by atoms with Gasteiger partial charge in [0, 0.05) is 39.8 Å². The number of carbonyl (C=O) groups excluding carboxylic acids is 2. The number of amides is 2. The van der Waals surface area contributed by atoms with Gasteiger partial charge in [-0.2, -0.15) is 0 Å². The van der Waals surface area contributed by atoms with Crippen molar-refractivity contribution in [2.24, 2.45) is 0 Å².